The summed E-state index contributed by atoms with van der Waals surface area (Å²) in [5.74, 6) is 0.644. The van der Waals surface area contributed by atoms with Crippen molar-refractivity contribution in [2.45, 2.75) is 51.6 Å². The Balaban J connectivity index is 1.59. The number of hydrogen-bond donors (Lipinski definition) is 1. The number of nitrogens with one attached hydrogen (secondary N) is 1. The van der Waals surface area contributed by atoms with Gasteiger partial charge in [0.15, 0.2) is 6.61 Å². The van der Waals surface area contributed by atoms with Crippen LogP contribution in [0.25, 0.3) is 0 Å². The molecule has 3 rings (SSSR count). The van der Waals surface area contributed by atoms with Gasteiger partial charge < -0.3 is 15.0 Å². The lowest BCUT2D eigenvalue weighted by molar-refractivity contribution is -0.140. The predicted octanol–water partition coefficient (Wildman–Crippen LogP) is 1.95. The molecule has 1 heterocycles. The smallest absolute Gasteiger partial charge is 0.261 e. The summed E-state index contributed by atoms with van der Waals surface area (Å²) in [6.07, 6.45) is 3.73. The lowest BCUT2D eigenvalue weighted by Gasteiger charge is -2.24. The van der Waals surface area contributed by atoms with Gasteiger partial charge in [-0.25, -0.2) is 0 Å². The van der Waals surface area contributed by atoms with Crippen LogP contribution in [0.4, 0.5) is 0 Å². The van der Waals surface area contributed by atoms with Crippen LogP contribution in [0.2, 0.25) is 0 Å². The van der Waals surface area contributed by atoms with E-state index in [9.17, 15) is 9.59 Å². The van der Waals surface area contributed by atoms with Crippen molar-refractivity contribution < 1.29 is 14.3 Å². The molecule has 2 amide bonds. The molecular formula is C18H24N2O3. The first kappa shape index (κ1) is 15.8. The third-order valence-electron chi connectivity index (χ3n) is 4.55. The van der Waals surface area contributed by atoms with Gasteiger partial charge in [-0.15, -0.1) is 0 Å². The van der Waals surface area contributed by atoms with Crippen molar-refractivity contribution in [3.8, 4) is 5.75 Å². The lowest BCUT2D eigenvalue weighted by atomic mass is 10.1. The number of ether oxygens (including phenoxy) is 1. The van der Waals surface area contributed by atoms with Crippen LogP contribution in [0.5, 0.6) is 5.75 Å². The van der Waals surface area contributed by atoms with Gasteiger partial charge >= 0.3 is 0 Å². The van der Waals surface area contributed by atoms with Crippen molar-refractivity contribution in [3.05, 3.63) is 29.3 Å². The second-order valence-corrected chi connectivity index (χ2v) is 6.54. The fourth-order valence-corrected chi connectivity index (χ4v) is 3.11. The standard InChI is InChI=1S/C18H24N2O3/c1-12-5-3-6-13(2)17(12)23-11-16(21)20-10-4-7-15(20)18(22)19-14-8-9-14/h3,5-6,14-15H,4,7-11H2,1-2H3,(H,19,22). The number of benzene rings is 1. The fourth-order valence-electron chi connectivity index (χ4n) is 3.11. The van der Waals surface area contributed by atoms with Gasteiger partial charge in [-0.3, -0.25) is 9.59 Å². The molecule has 1 aliphatic heterocycles. The van der Waals surface area contributed by atoms with E-state index >= 15 is 0 Å². The topological polar surface area (TPSA) is 58.6 Å². The van der Waals surface area contributed by atoms with Crippen LogP contribution < -0.4 is 10.1 Å². The van der Waals surface area contributed by atoms with Crippen LogP contribution in [0.15, 0.2) is 18.2 Å². The third-order valence-corrected chi connectivity index (χ3v) is 4.55. The number of amides is 2. The first-order valence-electron chi connectivity index (χ1n) is 8.35. The van der Waals surface area contributed by atoms with Crippen LogP contribution >= 0.6 is 0 Å². The molecule has 0 radical (unpaired) electrons. The zero-order chi connectivity index (χ0) is 16.4. The van der Waals surface area contributed by atoms with Gasteiger partial charge in [0.2, 0.25) is 5.91 Å². The van der Waals surface area contributed by atoms with Crippen molar-refractivity contribution in [3.63, 3.8) is 0 Å². The highest BCUT2D eigenvalue weighted by atomic mass is 16.5. The molecule has 1 atom stereocenters. The molecule has 0 spiro atoms. The molecular weight excluding hydrogens is 292 g/mol. The zero-order valence-electron chi connectivity index (χ0n) is 13.8. The zero-order valence-corrected chi connectivity index (χ0v) is 13.8. The van der Waals surface area contributed by atoms with E-state index in [-0.39, 0.29) is 24.5 Å². The Morgan fingerprint density at radius 2 is 1.91 bits per heavy atom. The minimum atomic E-state index is -0.329. The van der Waals surface area contributed by atoms with E-state index in [0.717, 1.165) is 42.6 Å². The maximum absolute atomic E-state index is 12.5. The second-order valence-electron chi connectivity index (χ2n) is 6.54. The van der Waals surface area contributed by atoms with E-state index in [2.05, 4.69) is 5.32 Å². The predicted molar refractivity (Wildman–Crippen MR) is 87.3 cm³/mol. The summed E-state index contributed by atoms with van der Waals surface area (Å²) in [6, 6.07) is 5.90. The number of aryl methyl sites for hydroxylation is 2. The quantitative estimate of drug-likeness (QED) is 0.903. The number of likely N-dealkylation sites (tertiary alicyclic amines) is 1. The van der Waals surface area contributed by atoms with E-state index in [1.165, 1.54) is 0 Å². The van der Waals surface area contributed by atoms with Gasteiger partial charge in [-0.05, 0) is 50.7 Å². The first-order chi connectivity index (χ1) is 11.1. The molecule has 1 aliphatic carbocycles. The van der Waals surface area contributed by atoms with Gasteiger partial charge in [0.05, 0.1) is 0 Å². The average molecular weight is 316 g/mol. The minimum absolute atomic E-state index is 0.00887. The monoisotopic (exact) mass is 316 g/mol. The molecule has 5 nitrogen and oxygen atoms in total. The van der Waals surface area contributed by atoms with Crippen LogP contribution in [0, 0.1) is 13.8 Å². The largest absolute Gasteiger partial charge is 0.483 e. The van der Waals surface area contributed by atoms with E-state index in [1.807, 2.05) is 32.0 Å². The Kier molecular flexibility index (Phi) is 4.55. The number of para-hydroxylation sites is 1. The summed E-state index contributed by atoms with van der Waals surface area (Å²) < 4.78 is 5.74. The summed E-state index contributed by atoms with van der Waals surface area (Å²) in [5.41, 5.74) is 2.03. The number of carbonyl (C=O) groups excluding carboxylic acids is 2. The maximum Gasteiger partial charge on any atom is 0.261 e. The molecule has 1 N–H and O–H groups in total. The Hall–Kier alpha value is -2.04. The molecule has 0 bridgehead atoms. The molecule has 2 aliphatic rings. The van der Waals surface area contributed by atoms with Gasteiger partial charge in [-0.1, -0.05) is 18.2 Å². The van der Waals surface area contributed by atoms with E-state index < -0.39 is 0 Å². The van der Waals surface area contributed by atoms with Crippen LogP contribution in [0.1, 0.15) is 36.8 Å². The molecule has 1 aromatic rings. The Morgan fingerprint density at radius 3 is 2.57 bits per heavy atom. The number of carbonyl (C=O) groups is 2. The van der Waals surface area contributed by atoms with Gasteiger partial charge in [0.1, 0.15) is 11.8 Å². The number of hydrogen-bond acceptors (Lipinski definition) is 3. The highest BCUT2D eigenvalue weighted by Gasteiger charge is 2.36. The van der Waals surface area contributed by atoms with Crippen molar-refractivity contribution >= 4 is 11.8 Å². The fraction of sp³-hybridized carbons (Fsp3) is 0.556. The molecule has 0 aromatic heterocycles. The second kappa shape index (κ2) is 6.60. The van der Waals surface area contributed by atoms with E-state index in [4.69, 9.17) is 4.74 Å². The Labute approximate surface area is 137 Å². The van der Waals surface area contributed by atoms with Crippen molar-refractivity contribution in [2.75, 3.05) is 13.2 Å². The molecule has 1 saturated heterocycles. The van der Waals surface area contributed by atoms with Crippen LogP contribution in [0.3, 0.4) is 0 Å². The third kappa shape index (κ3) is 3.66. The summed E-state index contributed by atoms with van der Waals surface area (Å²) in [7, 11) is 0. The van der Waals surface area contributed by atoms with Crippen molar-refractivity contribution in [1.82, 2.24) is 10.2 Å². The van der Waals surface area contributed by atoms with Crippen molar-refractivity contribution in [2.24, 2.45) is 0 Å². The lowest BCUT2D eigenvalue weighted by Crippen LogP contribution is -2.47. The van der Waals surface area contributed by atoms with Crippen LogP contribution in [-0.4, -0.2) is 41.9 Å². The number of rotatable bonds is 5. The molecule has 124 valence electrons. The Morgan fingerprint density at radius 1 is 1.22 bits per heavy atom. The van der Waals surface area contributed by atoms with Gasteiger partial charge in [0, 0.05) is 12.6 Å². The van der Waals surface area contributed by atoms with E-state index in [1.54, 1.807) is 4.90 Å². The summed E-state index contributed by atoms with van der Waals surface area (Å²) in [5, 5.41) is 3.00. The number of nitrogens with zero attached hydrogens (tertiary/aromatic N) is 1. The minimum Gasteiger partial charge on any atom is -0.483 e. The molecule has 1 unspecified atom stereocenters. The highest BCUT2D eigenvalue weighted by molar-refractivity contribution is 5.89. The average Bonchev–Trinajstić information content (AvgIpc) is 3.18. The summed E-state index contributed by atoms with van der Waals surface area (Å²) in [6.45, 7) is 4.56. The summed E-state index contributed by atoms with van der Waals surface area (Å²) in [4.78, 5) is 26.4. The first-order valence-corrected chi connectivity index (χ1v) is 8.35. The molecule has 1 saturated carbocycles. The normalized spacial score (nSPS) is 20.4. The summed E-state index contributed by atoms with van der Waals surface area (Å²) >= 11 is 0. The molecule has 1 aromatic carbocycles. The van der Waals surface area contributed by atoms with Crippen molar-refractivity contribution in [1.29, 1.82) is 0 Å². The Bertz CT molecular complexity index is 590. The molecule has 2 fully saturated rings. The van der Waals surface area contributed by atoms with Gasteiger partial charge in [0.25, 0.3) is 5.91 Å². The molecule has 5 heteroatoms. The van der Waals surface area contributed by atoms with E-state index in [0.29, 0.717) is 12.6 Å². The van der Waals surface area contributed by atoms with Crippen LogP contribution in [-0.2, 0) is 9.59 Å². The highest BCUT2D eigenvalue weighted by Crippen LogP contribution is 2.24. The SMILES string of the molecule is Cc1cccc(C)c1OCC(=O)N1CCCC1C(=O)NC1CC1. The maximum atomic E-state index is 12.5. The molecule has 23 heavy (non-hydrogen) atoms. The van der Waals surface area contributed by atoms with Gasteiger partial charge in [-0.2, -0.15) is 0 Å².